The number of anilines is 1. The first-order valence-corrected chi connectivity index (χ1v) is 5.42. The van der Waals surface area contributed by atoms with E-state index in [1.54, 1.807) is 19.2 Å². The third-order valence-electron chi connectivity index (χ3n) is 2.86. The van der Waals surface area contributed by atoms with Crippen molar-refractivity contribution in [3.05, 3.63) is 17.8 Å². The molecule has 0 bridgehead atoms. The van der Waals surface area contributed by atoms with E-state index >= 15 is 0 Å². The zero-order valence-electron chi connectivity index (χ0n) is 10.7. The van der Waals surface area contributed by atoms with E-state index in [1.807, 2.05) is 25.8 Å². The molecular formula is C11H19N5O. The van der Waals surface area contributed by atoms with Gasteiger partial charge in [-0.1, -0.05) is 0 Å². The van der Waals surface area contributed by atoms with Crippen LogP contribution in [0.5, 0.6) is 0 Å². The van der Waals surface area contributed by atoms with Crippen molar-refractivity contribution in [2.45, 2.75) is 19.4 Å². The number of aromatic nitrogens is 2. The highest BCUT2D eigenvalue weighted by Crippen LogP contribution is 2.18. The van der Waals surface area contributed by atoms with Gasteiger partial charge in [0.2, 0.25) is 0 Å². The van der Waals surface area contributed by atoms with Crippen molar-refractivity contribution in [2.24, 2.45) is 5.73 Å². The molecule has 0 fully saturated rings. The normalized spacial score (nSPS) is 11.1. The Morgan fingerprint density at radius 3 is 2.53 bits per heavy atom. The molecule has 6 nitrogen and oxygen atoms in total. The standard InChI is InChI=1S/C11H19N5O/c1-11(2,7-12)16(4)9-6-5-8(14-15-9)10(17)13-3/h5-6H,7,12H2,1-4H3,(H,13,17). The van der Waals surface area contributed by atoms with Crippen molar-refractivity contribution in [3.63, 3.8) is 0 Å². The van der Waals surface area contributed by atoms with Gasteiger partial charge >= 0.3 is 0 Å². The van der Waals surface area contributed by atoms with Gasteiger partial charge in [-0.2, -0.15) is 0 Å². The first kappa shape index (κ1) is 13.4. The molecule has 1 rings (SSSR count). The molecule has 0 aromatic carbocycles. The number of carbonyl (C=O) groups excluding carboxylic acids is 1. The number of amides is 1. The fraction of sp³-hybridized carbons (Fsp3) is 0.545. The molecule has 94 valence electrons. The lowest BCUT2D eigenvalue weighted by atomic mass is 10.0. The molecule has 17 heavy (non-hydrogen) atoms. The van der Waals surface area contributed by atoms with E-state index in [0.717, 1.165) is 0 Å². The van der Waals surface area contributed by atoms with Gasteiger partial charge in [0.05, 0.1) is 0 Å². The lowest BCUT2D eigenvalue weighted by Crippen LogP contribution is -2.47. The van der Waals surface area contributed by atoms with Gasteiger partial charge in [0.1, 0.15) is 0 Å². The maximum atomic E-state index is 11.3. The minimum absolute atomic E-state index is 0.205. The first-order chi connectivity index (χ1) is 7.92. The third kappa shape index (κ3) is 2.91. The Kier molecular flexibility index (Phi) is 4.01. The Morgan fingerprint density at radius 2 is 2.12 bits per heavy atom. The second-order valence-corrected chi connectivity index (χ2v) is 4.43. The van der Waals surface area contributed by atoms with E-state index in [9.17, 15) is 4.79 Å². The number of carbonyl (C=O) groups is 1. The van der Waals surface area contributed by atoms with Crippen LogP contribution in [-0.2, 0) is 0 Å². The predicted molar refractivity (Wildman–Crippen MR) is 67.0 cm³/mol. The largest absolute Gasteiger partial charge is 0.354 e. The summed E-state index contributed by atoms with van der Waals surface area (Å²) in [6.45, 7) is 4.53. The van der Waals surface area contributed by atoms with Crippen LogP contribution in [-0.4, -0.2) is 42.3 Å². The number of rotatable bonds is 4. The number of nitrogens with two attached hydrogens (primary N) is 1. The summed E-state index contributed by atoms with van der Waals surface area (Å²) in [5.41, 5.74) is 5.79. The van der Waals surface area contributed by atoms with Crippen LogP contribution in [0.1, 0.15) is 24.3 Å². The van der Waals surface area contributed by atoms with Crippen molar-refractivity contribution in [1.82, 2.24) is 15.5 Å². The van der Waals surface area contributed by atoms with Crippen molar-refractivity contribution in [3.8, 4) is 0 Å². The van der Waals surface area contributed by atoms with Gasteiger partial charge in [-0.25, -0.2) is 0 Å². The van der Waals surface area contributed by atoms with E-state index < -0.39 is 0 Å². The SMILES string of the molecule is CNC(=O)c1ccc(N(C)C(C)(C)CN)nn1. The Morgan fingerprint density at radius 1 is 1.47 bits per heavy atom. The number of hydrogen-bond donors (Lipinski definition) is 2. The first-order valence-electron chi connectivity index (χ1n) is 5.42. The van der Waals surface area contributed by atoms with Crippen LogP contribution in [0, 0.1) is 0 Å². The van der Waals surface area contributed by atoms with E-state index in [4.69, 9.17) is 5.73 Å². The lowest BCUT2D eigenvalue weighted by molar-refractivity contribution is 0.0957. The smallest absolute Gasteiger partial charge is 0.271 e. The van der Waals surface area contributed by atoms with E-state index in [2.05, 4.69) is 15.5 Å². The van der Waals surface area contributed by atoms with Crippen molar-refractivity contribution >= 4 is 11.7 Å². The van der Waals surface area contributed by atoms with Crippen molar-refractivity contribution < 1.29 is 4.79 Å². The average molecular weight is 237 g/mol. The highest BCUT2D eigenvalue weighted by Gasteiger charge is 2.23. The molecule has 6 heteroatoms. The van der Waals surface area contributed by atoms with Crippen LogP contribution in [0.3, 0.4) is 0 Å². The van der Waals surface area contributed by atoms with E-state index in [-0.39, 0.29) is 11.4 Å². The summed E-state index contributed by atoms with van der Waals surface area (Å²) >= 11 is 0. The average Bonchev–Trinajstić information content (AvgIpc) is 2.37. The maximum Gasteiger partial charge on any atom is 0.271 e. The minimum Gasteiger partial charge on any atom is -0.354 e. The van der Waals surface area contributed by atoms with Gasteiger partial charge in [-0.15, -0.1) is 10.2 Å². The van der Waals surface area contributed by atoms with Crippen molar-refractivity contribution in [1.29, 1.82) is 0 Å². The highest BCUT2D eigenvalue weighted by atomic mass is 16.1. The van der Waals surface area contributed by atoms with Crippen LogP contribution in [0.15, 0.2) is 12.1 Å². The number of hydrogen-bond acceptors (Lipinski definition) is 5. The van der Waals surface area contributed by atoms with Crippen LogP contribution in [0.25, 0.3) is 0 Å². The third-order valence-corrected chi connectivity index (χ3v) is 2.86. The van der Waals surface area contributed by atoms with Crippen LogP contribution >= 0.6 is 0 Å². The predicted octanol–water partition coefficient (Wildman–Crippen LogP) is 0.00970. The molecule has 0 saturated carbocycles. The summed E-state index contributed by atoms with van der Waals surface area (Å²) in [7, 11) is 3.46. The Balaban J connectivity index is 2.91. The molecule has 0 spiro atoms. The molecule has 0 saturated heterocycles. The highest BCUT2D eigenvalue weighted by molar-refractivity contribution is 5.91. The number of likely N-dealkylation sites (N-methyl/N-ethyl adjacent to an activating group) is 1. The van der Waals surface area contributed by atoms with E-state index in [1.165, 1.54) is 0 Å². The van der Waals surface area contributed by atoms with E-state index in [0.29, 0.717) is 18.1 Å². The van der Waals surface area contributed by atoms with Gasteiger partial charge in [-0.05, 0) is 26.0 Å². The fourth-order valence-electron chi connectivity index (χ4n) is 1.20. The number of nitrogens with zero attached hydrogens (tertiary/aromatic N) is 3. The van der Waals surface area contributed by atoms with Gasteiger partial charge in [0.25, 0.3) is 5.91 Å². The van der Waals surface area contributed by atoms with Gasteiger partial charge in [0, 0.05) is 26.2 Å². The molecule has 0 aliphatic carbocycles. The molecule has 1 aromatic rings. The molecule has 0 radical (unpaired) electrons. The molecule has 0 atom stereocenters. The van der Waals surface area contributed by atoms with Crippen LogP contribution < -0.4 is 16.0 Å². The van der Waals surface area contributed by atoms with Crippen LogP contribution in [0.4, 0.5) is 5.82 Å². The molecule has 0 aliphatic heterocycles. The summed E-state index contributed by atoms with van der Waals surface area (Å²) < 4.78 is 0. The molecule has 1 heterocycles. The molecule has 3 N–H and O–H groups in total. The summed E-state index contributed by atoms with van der Waals surface area (Å²) in [6, 6.07) is 3.40. The molecular weight excluding hydrogens is 218 g/mol. The van der Waals surface area contributed by atoms with Crippen molar-refractivity contribution in [2.75, 3.05) is 25.5 Å². The Hall–Kier alpha value is -1.69. The second-order valence-electron chi connectivity index (χ2n) is 4.43. The fourth-order valence-corrected chi connectivity index (χ4v) is 1.20. The minimum atomic E-state index is -0.246. The summed E-state index contributed by atoms with van der Waals surface area (Å²) in [4.78, 5) is 13.2. The topological polar surface area (TPSA) is 84.1 Å². The Labute approximate surface area is 101 Å². The van der Waals surface area contributed by atoms with Gasteiger partial charge in [-0.3, -0.25) is 4.79 Å². The summed E-state index contributed by atoms with van der Waals surface area (Å²) in [5.74, 6) is 0.442. The molecule has 1 aromatic heterocycles. The van der Waals surface area contributed by atoms with Gasteiger partial charge < -0.3 is 16.0 Å². The van der Waals surface area contributed by atoms with Gasteiger partial charge in [0.15, 0.2) is 11.5 Å². The quantitative estimate of drug-likeness (QED) is 0.770. The monoisotopic (exact) mass is 237 g/mol. The summed E-state index contributed by atoms with van der Waals surface area (Å²) in [6.07, 6.45) is 0. The zero-order valence-corrected chi connectivity index (χ0v) is 10.7. The maximum absolute atomic E-state index is 11.3. The molecule has 0 unspecified atom stereocenters. The Bertz CT molecular complexity index is 387. The summed E-state index contributed by atoms with van der Waals surface area (Å²) in [5, 5.41) is 10.4. The second kappa shape index (κ2) is 5.09. The number of nitrogens with one attached hydrogen (secondary N) is 1. The molecule has 0 aliphatic rings. The zero-order chi connectivity index (χ0) is 13.1. The van der Waals surface area contributed by atoms with Crippen LogP contribution in [0.2, 0.25) is 0 Å². The lowest BCUT2D eigenvalue weighted by Gasteiger charge is -2.35. The molecule has 1 amide bonds.